The molecule has 26 heavy (non-hydrogen) atoms. The van der Waals surface area contributed by atoms with E-state index in [1.54, 1.807) is 7.11 Å². The number of morpholine rings is 1. The maximum Gasteiger partial charge on any atom is 0.211 e. The molecule has 1 aromatic carbocycles. The molecular weight excluding hydrogens is 336 g/mol. The summed E-state index contributed by atoms with van der Waals surface area (Å²) in [6, 6.07) is 5.74. The summed E-state index contributed by atoms with van der Waals surface area (Å²) in [4.78, 5) is 13.7. The lowest BCUT2D eigenvalue weighted by Gasteiger charge is -2.56. The molecule has 142 valence electrons. The van der Waals surface area contributed by atoms with Crippen molar-refractivity contribution in [2.24, 2.45) is 5.92 Å². The zero-order valence-corrected chi connectivity index (χ0v) is 15.2. The number of hydrogen-bond acceptors (Lipinski definition) is 6. The lowest BCUT2D eigenvalue weighted by Crippen LogP contribution is -2.65. The van der Waals surface area contributed by atoms with Crippen molar-refractivity contribution in [1.82, 2.24) is 4.90 Å². The van der Waals surface area contributed by atoms with E-state index in [1.165, 1.54) is 0 Å². The van der Waals surface area contributed by atoms with E-state index in [0.717, 1.165) is 44.3 Å². The van der Waals surface area contributed by atoms with E-state index < -0.39 is 5.72 Å². The maximum absolute atomic E-state index is 11.5. The number of nitrogens with zero attached hydrogens (tertiary/aromatic N) is 2. The van der Waals surface area contributed by atoms with E-state index in [2.05, 4.69) is 4.90 Å². The number of benzene rings is 1. The van der Waals surface area contributed by atoms with Crippen LogP contribution in [0.2, 0.25) is 0 Å². The van der Waals surface area contributed by atoms with Crippen molar-refractivity contribution in [2.75, 3.05) is 40.0 Å². The van der Waals surface area contributed by atoms with Crippen molar-refractivity contribution in [3.8, 4) is 11.5 Å². The standard InChI is InChI=1S/C19H26N2O5/c1-24-17-7-4-5-14-15(13-21(22)23)16-6-2-3-8-19(16,26-18(14)17)20-9-11-25-12-10-20/h4-5,7,15-16H,2-3,6,8-13H2,1H3/t15-,16+,19+/m1/s1. The fourth-order valence-corrected chi connectivity index (χ4v) is 5.07. The largest absolute Gasteiger partial charge is 0.493 e. The van der Waals surface area contributed by atoms with Gasteiger partial charge >= 0.3 is 0 Å². The topological polar surface area (TPSA) is 74.1 Å². The first kappa shape index (κ1) is 17.5. The Hall–Kier alpha value is -1.86. The van der Waals surface area contributed by atoms with Crippen molar-refractivity contribution in [2.45, 2.75) is 37.3 Å². The molecule has 1 saturated heterocycles. The summed E-state index contributed by atoms with van der Waals surface area (Å²) in [5.74, 6) is 1.30. The molecule has 3 atom stereocenters. The molecule has 1 aliphatic carbocycles. The van der Waals surface area contributed by atoms with Crippen molar-refractivity contribution in [1.29, 1.82) is 0 Å². The summed E-state index contributed by atoms with van der Waals surface area (Å²) < 4.78 is 17.8. The third-order valence-electron chi connectivity index (χ3n) is 6.16. The predicted molar refractivity (Wildman–Crippen MR) is 95.3 cm³/mol. The lowest BCUT2D eigenvalue weighted by atomic mass is 9.68. The second kappa shape index (κ2) is 7.04. The molecule has 3 aliphatic rings. The average Bonchev–Trinajstić information content (AvgIpc) is 2.67. The molecule has 2 aliphatic heterocycles. The lowest BCUT2D eigenvalue weighted by molar-refractivity contribution is -0.487. The zero-order valence-electron chi connectivity index (χ0n) is 15.2. The van der Waals surface area contributed by atoms with Gasteiger partial charge in [0.2, 0.25) is 6.54 Å². The number of rotatable bonds is 4. The summed E-state index contributed by atoms with van der Waals surface area (Å²) in [5.41, 5.74) is 0.418. The Bertz CT molecular complexity index is 676. The summed E-state index contributed by atoms with van der Waals surface area (Å²) in [6.07, 6.45) is 4.01. The molecule has 7 nitrogen and oxygen atoms in total. The molecule has 0 unspecified atom stereocenters. The fourth-order valence-electron chi connectivity index (χ4n) is 5.07. The van der Waals surface area contributed by atoms with Crippen molar-refractivity contribution >= 4 is 0 Å². The third-order valence-corrected chi connectivity index (χ3v) is 6.16. The van der Waals surface area contributed by atoms with Crippen LogP contribution in [0, 0.1) is 16.0 Å². The quantitative estimate of drug-likeness (QED) is 0.606. The van der Waals surface area contributed by atoms with E-state index in [1.807, 2.05) is 18.2 Å². The van der Waals surface area contributed by atoms with Crippen molar-refractivity contribution in [3.63, 3.8) is 0 Å². The average molecular weight is 362 g/mol. The van der Waals surface area contributed by atoms with Gasteiger partial charge in [0, 0.05) is 35.9 Å². The molecule has 7 heteroatoms. The van der Waals surface area contributed by atoms with E-state index in [-0.39, 0.29) is 23.3 Å². The highest BCUT2D eigenvalue weighted by Crippen LogP contribution is 2.55. The first-order valence-electron chi connectivity index (χ1n) is 9.46. The molecule has 0 aromatic heterocycles. The normalized spacial score (nSPS) is 31.4. The number of para-hydroxylation sites is 1. The van der Waals surface area contributed by atoms with Crippen LogP contribution in [-0.2, 0) is 4.74 Å². The molecule has 4 rings (SSSR count). The van der Waals surface area contributed by atoms with Crippen molar-refractivity contribution < 1.29 is 19.1 Å². The van der Waals surface area contributed by atoms with Crippen LogP contribution in [0.25, 0.3) is 0 Å². The Morgan fingerprint density at radius 2 is 2.15 bits per heavy atom. The fraction of sp³-hybridized carbons (Fsp3) is 0.684. The summed E-state index contributed by atoms with van der Waals surface area (Å²) in [7, 11) is 1.62. The van der Waals surface area contributed by atoms with Gasteiger partial charge in [-0.2, -0.15) is 0 Å². The maximum atomic E-state index is 11.5. The Labute approximate surface area is 153 Å². The van der Waals surface area contributed by atoms with Gasteiger partial charge in [0.15, 0.2) is 17.2 Å². The number of nitro groups is 1. The molecule has 1 aromatic rings. The molecule has 0 spiro atoms. The molecule has 2 fully saturated rings. The van der Waals surface area contributed by atoms with Gasteiger partial charge in [-0.25, -0.2) is 0 Å². The van der Waals surface area contributed by atoms with Crippen LogP contribution in [0.4, 0.5) is 0 Å². The third kappa shape index (κ3) is 2.83. The van der Waals surface area contributed by atoms with Gasteiger partial charge in [-0.15, -0.1) is 0 Å². The molecule has 0 N–H and O–H groups in total. The van der Waals surface area contributed by atoms with E-state index in [9.17, 15) is 10.1 Å². The highest BCUT2D eigenvalue weighted by molar-refractivity contribution is 5.51. The van der Waals surface area contributed by atoms with Gasteiger partial charge < -0.3 is 14.2 Å². The van der Waals surface area contributed by atoms with E-state index in [0.29, 0.717) is 24.7 Å². The van der Waals surface area contributed by atoms with Gasteiger partial charge in [-0.05, 0) is 18.9 Å². The summed E-state index contributed by atoms with van der Waals surface area (Å²) in [6.45, 7) is 2.88. The van der Waals surface area contributed by atoms with Gasteiger partial charge in [0.05, 0.1) is 26.2 Å². The monoisotopic (exact) mass is 362 g/mol. The number of hydrogen-bond donors (Lipinski definition) is 0. The first-order chi connectivity index (χ1) is 12.7. The van der Waals surface area contributed by atoms with Gasteiger partial charge in [-0.1, -0.05) is 18.6 Å². The second-order valence-corrected chi connectivity index (χ2v) is 7.40. The summed E-state index contributed by atoms with van der Waals surface area (Å²) >= 11 is 0. The van der Waals surface area contributed by atoms with E-state index in [4.69, 9.17) is 14.2 Å². The molecular formula is C19H26N2O5. The van der Waals surface area contributed by atoms with Crippen LogP contribution < -0.4 is 9.47 Å². The van der Waals surface area contributed by atoms with Gasteiger partial charge in [0.1, 0.15) is 0 Å². The van der Waals surface area contributed by atoms with Crippen LogP contribution in [0.15, 0.2) is 18.2 Å². The van der Waals surface area contributed by atoms with Gasteiger partial charge in [-0.3, -0.25) is 15.0 Å². The SMILES string of the molecule is COc1cccc2c1O[C@@]1(N3CCOCC3)CCCC[C@H]1[C@@H]2C[N+](=O)[O-]. The molecule has 0 bridgehead atoms. The van der Waals surface area contributed by atoms with Crippen molar-refractivity contribution in [3.05, 3.63) is 33.9 Å². The molecule has 0 radical (unpaired) electrons. The van der Waals surface area contributed by atoms with Crippen LogP contribution in [0.5, 0.6) is 11.5 Å². The highest BCUT2D eigenvalue weighted by atomic mass is 16.6. The first-order valence-corrected chi connectivity index (χ1v) is 9.46. The number of methoxy groups -OCH3 is 1. The summed E-state index contributed by atoms with van der Waals surface area (Å²) in [5, 5.41) is 11.5. The number of fused-ring (bicyclic) bond motifs is 2. The van der Waals surface area contributed by atoms with E-state index >= 15 is 0 Å². The molecule has 1 saturated carbocycles. The minimum atomic E-state index is -0.496. The zero-order chi connectivity index (χ0) is 18.1. The minimum Gasteiger partial charge on any atom is -0.493 e. The molecule has 0 amide bonds. The smallest absolute Gasteiger partial charge is 0.211 e. The number of ether oxygens (including phenoxy) is 3. The second-order valence-electron chi connectivity index (χ2n) is 7.40. The van der Waals surface area contributed by atoms with Crippen LogP contribution in [0.3, 0.4) is 0 Å². The van der Waals surface area contributed by atoms with Crippen LogP contribution in [0.1, 0.15) is 37.2 Å². The minimum absolute atomic E-state index is 0.0692. The Kier molecular flexibility index (Phi) is 4.75. The van der Waals surface area contributed by atoms with Gasteiger partial charge in [0.25, 0.3) is 0 Å². The Balaban J connectivity index is 1.83. The Morgan fingerprint density at radius 3 is 2.88 bits per heavy atom. The van der Waals surface area contributed by atoms with Crippen LogP contribution >= 0.6 is 0 Å². The Morgan fingerprint density at radius 1 is 1.35 bits per heavy atom. The highest BCUT2D eigenvalue weighted by Gasteiger charge is 2.56. The molecule has 2 heterocycles. The van der Waals surface area contributed by atoms with Crippen LogP contribution in [-0.4, -0.2) is 55.5 Å². The predicted octanol–water partition coefficient (Wildman–Crippen LogP) is 2.67.